The molecule has 0 atom stereocenters. The van der Waals surface area contributed by atoms with Crippen molar-refractivity contribution >= 4 is 22.9 Å². The number of hydrogen-bond acceptors (Lipinski definition) is 2. The summed E-state index contributed by atoms with van der Waals surface area (Å²) in [4.78, 5) is 0.851. The molecule has 17 heavy (non-hydrogen) atoms. The molecule has 0 fully saturated rings. The summed E-state index contributed by atoms with van der Waals surface area (Å²) in [6.45, 7) is 2.08. The maximum Gasteiger partial charge on any atom is 0.233 e. The number of rotatable bonds is 2. The summed E-state index contributed by atoms with van der Waals surface area (Å²) in [6.07, 6.45) is 2.01. The molecule has 0 aliphatic carbocycles. The minimum absolute atomic E-state index is 0.618. The average Bonchev–Trinajstić information content (AvgIpc) is 2.46. The van der Waals surface area contributed by atoms with Crippen molar-refractivity contribution in [1.82, 2.24) is 5.01 Å². The number of likely N-dealkylation sites (N-methyl/N-ethyl adjacent to an activating group) is 1. The highest BCUT2D eigenvalue weighted by atomic mass is 32.1. The first kappa shape index (κ1) is 12.1. The molecular formula is C13H18N3S+. The lowest BCUT2D eigenvalue weighted by Crippen LogP contribution is -2.50. The number of thiocarbonyl (C=S) groups is 1. The summed E-state index contributed by atoms with van der Waals surface area (Å²) >= 11 is 5.30. The van der Waals surface area contributed by atoms with Crippen LogP contribution in [-0.2, 0) is 0 Å². The first-order chi connectivity index (χ1) is 7.91. The number of hydrogen-bond donors (Lipinski definition) is 1. The molecule has 1 N–H and O–H groups in total. The van der Waals surface area contributed by atoms with E-state index in [1.54, 1.807) is 0 Å². The van der Waals surface area contributed by atoms with E-state index in [2.05, 4.69) is 50.6 Å². The summed E-state index contributed by atoms with van der Waals surface area (Å²) in [6, 6.07) is 8.36. The molecule has 2 rings (SSSR count). The molecule has 1 aliphatic rings. The lowest BCUT2D eigenvalue weighted by molar-refractivity contribution is -0.946. The van der Waals surface area contributed by atoms with Crippen LogP contribution in [-0.4, -0.2) is 35.7 Å². The topological polar surface area (TPSA) is 15.3 Å². The molecule has 90 valence electrons. The van der Waals surface area contributed by atoms with E-state index in [1.807, 2.05) is 18.1 Å². The minimum atomic E-state index is 0.618. The standard InChI is InChI=1S/C13H17N3S/c1-10-5-7-11(8-6-10)14-12-9-13(17)15(2)16(12,3)4/h5-9H,1-4H3/p+1. The third kappa shape index (κ3) is 2.18. The van der Waals surface area contributed by atoms with E-state index in [4.69, 9.17) is 12.2 Å². The smallest absolute Gasteiger partial charge is 0.233 e. The van der Waals surface area contributed by atoms with Crippen molar-refractivity contribution in [2.24, 2.45) is 0 Å². The lowest BCUT2D eigenvalue weighted by Gasteiger charge is -2.33. The van der Waals surface area contributed by atoms with Crippen LogP contribution in [0, 0.1) is 6.92 Å². The Balaban J connectivity index is 2.22. The van der Waals surface area contributed by atoms with Crippen molar-refractivity contribution in [3.63, 3.8) is 0 Å². The summed E-state index contributed by atoms with van der Waals surface area (Å²) in [7, 11) is 6.21. The molecule has 1 aromatic carbocycles. The Labute approximate surface area is 108 Å². The number of quaternary nitrogens is 1. The quantitative estimate of drug-likeness (QED) is 0.639. The van der Waals surface area contributed by atoms with Gasteiger partial charge in [0.05, 0.1) is 27.2 Å². The Kier molecular flexibility index (Phi) is 2.93. The van der Waals surface area contributed by atoms with E-state index < -0.39 is 0 Å². The SMILES string of the molecule is Cc1ccc(NC2=CC(=S)N(C)[N+]2(C)C)cc1. The van der Waals surface area contributed by atoms with Crippen LogP contribution in [0.1, 0.15) is 5.56 Å². The van der Waals surface area contributed by atoms with E-state index in [-0.39, 0.29) is 0 Å². The van der Waals surface area contributed by atoms with Gasteiger partial charge < -0.3 is 5.32 Å². The fourth-order valence-electron chi connectivity index (χ4n) is 1.73. The summed E-state index contributed by atoms with van der Waals surface area (Å²) in [5.41, 5.74) is 2.35. The minimum Gasteiger partial charge on any atom is -0.309 e. The normalized spacial score (nSPS) is 18.2. The van der Waals surface area contributed by atoms with Crippen molar-refractivity contribution in [3.05, 3.63) is 41.7 Å². The Bertz CT molecular complexity index is 474. The first-order valence-electron chi connectivity index (χ1n) is 5.59. The van der Waals surface area contributed by atoms with Crippen LogP contribution in [0.2, 0.25) is 0 Å². The molecule has 4 heteroatoms. The van der Waals surface area contributed by atoms with Crippen molar-refractivity contribution in [2.45, 2.75) is 6.92 Å². The van der Waals surface area contributed by atoms with Gasteiger partial charge in [-0.15, -0.1) is 0 Å². The predicted octanol–water partition coefficient (Wildman–Crippen LogP) is 2.51. The van der Waals surface area contributed by atoms with Crippen LogP contribution in [0.3, 0.4) is 0 Å². The molecular weight excluding hydrogens is 230 g/mol. The van der Waals surface area contributed by atoms with Gasteiger partial charge in [-0.2, -0.15) is 4.59 Å². The molecule has 3 nitrogen and oxygen atoms in total. The number of aryl methyl sites for hydroxylation is 1. The maximum atomic E-state index is 5.30. The molecule has 1 aliphatic heterocycles. The zero-order valence-electron chi connectivity index (χ0n) is 10.7. The second-order valence-electron chi connectivity index (χ2n) is 4.78. The van der Waals surface area contributed by atoms with Gasteiger partial charge in [0.25, 0.3) is 0 Å². The van der Waals surface area contributed by atoms with E-state index >= 15 is 0 Å². The maximum absolute atomic E-state index is 5.30. The highest BCUT2D eigenvalue weighted by molar-refractivity contribution is 7.80. The van der Waals surface area contributed by atoms with Gasteiger partial charge >= 0.3 is 0 Å². The molecule has 0 saturated heterocycles. The van der Waals surface area contributed by atoms with Crippen molar-refractivity contribution in [1.29, 1.82) is 0 Å². The van der Waals surface area contributed by atoms with E-state index in [1.165, 1.54) is 5.56 Å². The van der Waals surface area contributed by atoms with Crippen LogP contribution < -0.4 is 5.32 Å². The molecule has 0 spiro atoms. The second kappa shape index (κ2) is 4.13. The van der Waals surface area contributed by atoms with Crippen molar-refractivity contribution < 1.29 is 4.59 Å². The molecule has 0 unspecified atom stereocenters. The summed E-state index contributed by atoms with van der Waals surface area (Å²) < 4.78 is 0.618. The van der Waals surface area contributed by atoms with E-state index in [9.17, 15) is 0 Å². The monoisotopic (exact) mass is 248 g/mol. The molecule has 0 amide bonds. The second-order valence-corrected chi connectivity index (χ2v) is 5.20. The van der Waals surface area contributed by atoms with Gasteiger partial charge in [0.2, 0.25) is 5.82 Å². The summed E-state index contributed by atoms with van der Waals surface area (Å²) in [5.74, 6) is 1.08. The molecule has 0 saturated carbocycles. The van der Waals surface area contributed by atoms with Crippen LogP contribution in [0.5, 0.6) is 0 Å². The highest BCUT2D eigenvalue weighted by Gasteiger charge is 2.36. The van der Waals surface area contributed by atoms with Crippen LogP contribution >= 0.6 is 12.2 Å². The molecule has 1 heterocycles. The number of nitrogens with zero attached hydrogens (tertiary/aromatic N) is 2. The van der Waals surface area contributed by atoms with Crippen molar-refractivity contribution in [3.8, 4) is 0 Å². The third-order valence-corrected chi connectivity index (χ3v) is 3.62. The van der Waals surface area contributed by atoms with E-state index in [0.29, 0.717) is 4.59 Å². The van der Waals surface area contributed by atoms with Crippen LogP contribution in [0.25, 0.3) is 0 Å². The van der Waals surface area contributed by atoms with Crippen LogP contribution in [0.15, 0.2) is 36.2 Å². The fourth-order valence-corrected chi connectivity index (χ4v) is 2.05. The zero-order chi connectivity index (χ0) is 12.6. The first-order valence-corrected chi connectivity index (χ1v) is 6.00. The Morgan fingerprint density at radius 3 is 2.24 bits per heavy atom. The van der Waals surface area contributed by atoms with Gasteiger partial charge in [0.15, 0.2) is 4.99 Å². The van der Waals surface area contributed by atoms with E-state index in [0.717, 1.165) is 16.5 Å². The predicted molar refractivity (Wildman–Crippen MR) is 75.4 cm³/mol. The number of benzene rings is 1. The molecule has 0 aromatic heterocycles. The highest BCUT2D eigenvalue weighted by Crippen LogP contribution is 2.24. The number of anilines is 1. The Hall–Kier alpha value is -1.39. The van der Waals surface area contributed by atoms with Gasteiger partial charge in [-0.3, -0.25) is 0 Å². The molecule has 0 radical (unpaired) electrons. The fraction of sp³-hybridized carbons (Fsp3) is 0.308. The summed E-state index contributed by atoms with van der Waals surface area (Å²) in [5, 5.41) is 5.47. The van der Waals surface area contributed by atoms with Gasteiger partial charge in [0, 0.05) is 5.69 Å². The van der Waals surface area contributed by atoms with Crippen molar-refractivity contribution in [2.75, 3.05) is 26.5 Å². The van der Waals surface area contributed by atoms with Gasteiger partial charge in [-0.05, 0) is 19.1 Å². The zero-order valence-corrected chi connectivity index (χ0v) is 11.5. The lowest BCUT2D eigenvalue weighted by atomic mass is 10.2. The number of nitrogens with one attached hydrogen (secondary N) is 1. The third-order valence-electron chi connectivity index (χ3n) is 3.24. The van der Waals surface area contributed by atoms with Gasteiger partial charge in [-0.1, -0.05) is 29.9 Å². The molecule has 1 aromatic rings. The van der Waals surface area contributed by atoms with Crippen LogP contribution in [0.4, 0.5) is 5.69 Å². The largest absolute Gasteiger partial charge is 0.309 e. The Morgan fingerprint density at radius 1 is 1.18 bits per heavy atom. The average molecular weight is 248 g/mol. The van der Waals surface area contributed by atoms with Gasteiger partial charge in [0.1, 0.15) is 0 Å². The Morgan fingerprint density at radius 2 is 1.76 bits per heavy atom. The molecule has 0 bridgehead atoms. The van der Waals surface area contributed by atoms with Gasteiger partial charge in [-0.25, -0.2) is 5.01 Å².